The van der Waals surface area contributed by atoms with Gasteiger partial charge in [0.15, 0.2) is 13.1 Å². The van der Waals surface area contributed by atoms with Crippen LogP contribution < -0.4 is 15.1 Å². The number of hydrogen-bond donors (Lipinski definition) is 3. The minimum atomic E-state index is 0.0829. The van der Waals surface area contributed by atoms with Crippen LogP contribution in [0.2, 0.25) is 0 Å². The minimum Gasteiger partial charge on any atom is -0.321 e. The van der Waals surface area contributed by atoms with Gasteiger partial charge in [-0.15, -0.1) is 0 Å². The van der Waals surface area contributed by atoms with Crippen LogP contribution in [0, 0.1) is 0 Å². The van der Waals surface area contributed by atoms with Crippen molar-refractivity contribution < 1.29 is 19.4 Å². The number of nitrogens with zero attached hydrogens (tertiary/aromatic N) is 1. The minimum absolute atomic E-state index is 0.0829. The van der Waals surface area contributed by atoms with Crippen molar-refractivity contribution in [2.24, 2.45) is 0 Å². The number of nitrogens with one attached hydrogen (secondary N) is 3. The first-order valence-corrected chi connectivity index (χ1v) is 12.2. The fourth-order valence-corrected chi connectivity index (χ4v) is 4.95. The molecule has 2 aliphatic carbocycles. The topological polar surface area (TPSA) is 58.3 Å². The van der Waals surface area contributed by atoms with Crippen molar-refractivity contribution in [2.45, 2.75) is 57.9 Å². The van der Waals surface area contributed by atoms with Crippen molar-refractivity contribution in [3.63, 3.8) is 0 Å². The molecule has 1 heterocycles. The van der Waals surface area contributed by atoms with Gasteiger partial charge in [-0.1, -0.05) is 31.2 Å². The molecule has 6 nitrogen and oxygen atoms in total. The Balaban J connectivity index is 1.23. The molecule has 0 bridgehead atoms. The monoisotopic (exact) mass is 426 g/mol. The zero-order valence-corrected chi connectivity index (χ0v) is 18.9. The van der Waals surface area contributed by atoms with E-state index in [1.54, 1.807) is 0 Å². The fourth-order valence-electron chi connectivity index (χ4n) is 4.95. The molecular weight excluding hydrogens is 388 g/mol. The van der Waals surface area contributed by atoms with Crippen molar-refractivity contribution in [3.05, 3.63) is 41.6 Å². The number of amides is 2. The summed E-state index contributed by atoms with van der Waals surface area (Å²) < 4.78 is 0. The maximum Gasteiger partial charge on any atom is 0.282 e. The molecule has 1 aromatic rings. The van der Waals surface area contributed by atoms with Crippen LogP contribution in [0.4, 0.5) is 5.69 Å². The molecule has 2 amide bonds. The molecule has 168 valence electrons. The van der Waals surface area contributed by atoms with E-state index in [1.165, 1.54) is 33.9 Å². The number of hydrogen-bond acceptors (Lipinski definition) is 2. The molecule has 2 fully saturated rings. The van der Waals surface area contributed by atoms with E-state index in [-0.39, 0.29) is 5.91 Å². The quantitative estimate of drug-likeness (QED) is 0.564. The van der Waals surface area contributed by atoms with Crippen LogP contribution in [-0.2, 0) is 16.0 Å². The lowest BCUT2D eigenvalue weighted by Gasteiger charge is -2.32. The first-order chi connectivity index (χ1) is 15.1. The largest absolute Gasteiger partial charge is 0.321 e. The van der Waals surface area contributed by atoms with E-state index in [1.807, 2.05) is 18.2 Å². The fraction of sp³-hybridized carbons (Fsp3) is 0.600. The molecule has 6 heteroatoms. The van der Waals surface area contributed by atoms with Gasteiger partial charge in [0.1, 0.15) is 26.2 Å². The summed E-state index contributed by atoms with van der Waals surface area (Å²) in [6.07, 6.45) is 10.2. The molecule has 0 atom stereocenters. The summed E-state index contributed by atoms with van der Waals surface area (Å²) >= 11 is 0. The van der Waals surface area contributed by atoms with Crippen molar-refractivity contribution in [2.75, 3.05) is 44.6 Å². The van der Waals surface area contributed by atoms with Gasteiger partial charge in [-0.3, -0.25) is 9.59 Å². The number of allylic oxidation sites excluding steroid dienone is 2. The summed E-state index contributed by atoms with van der Waals surface area (Å²) in [5.74, 6) is 0.391. The lowest BCUT2D eigenvalue weighted by molar-refractivity contribution is -1.00. The van der Waals surface area contributed by atoms with E-state index in [0.717, 1.165) is 64.0 Å². The Hall–Kier alpha value is -2.18. The number of rotatable bonds is 8. The van der Waals surface area contributed by atoms with Gasteiger partial charge < -0.3 is 20.0 Å². The molecule has 1 saturated heterocycles. The summed E-state index contributed by atoms with van der Waals surface area (Å²) in [4.78, 5) is 30.5. The van der Waals surface area contributed by atoms with Gasteiger partial charge in [0.05, 0.1) is 0 Å². The van der Waals surface area contributed by atoms with E-state index in [4.69, 9.17) is 0 Å². The van der Waals surface area contributed by atoms with Crippen LogP contribution in [0.1, 0.15) is 51.0 Å². The van der Waals surface area contributed by atoms with Gasteiger partial charge in [0.25, 0.3) is 11.8 Å². The Kier molecular flexibility index (Phi) is 7.41. The van der Waals surface area contributed by atoms with Crippen molar-refractivity contribution in [3.8, 4) is 0 Å². The van der Waals surface area contributed by atoms with E-state index in [9.17, 15) is 9.59 Å². The maximum absolute atomic E-state index is 13.1. The second kappa shape index (κ2) is 10.4. The van der Waals surface area contributed by atoms with Gasteiger partial charge in [0.2, 0.25) is 0 Å². The second-order valence-corrected chi connectivity index (χ2v) is 9.35. The molecule has 1 aromatic carbocycles. The molecule has 4 rings (SSSR count). The highest BCUT2D eigenvalue weighted by Crippen LogP contribution is 2.33. The SMILES string of the molecule is CCc1ccccc1NC(=O)C[NH+]1CC[NH+](CC(=O)N(C2=CCCCC2)C2CC2)CC1. The van der Waals surface area contributed by atoms with Gasteiger partial charge in [-0.25, -0.2) is 0 Å². The summed E-state index contributed by atoms with van der Waals surface area (Å²) in [5.41, 5.74) is 3.39. The van der Waals surface area contributed by atoms with Gasteiger partial charge in [0, 0.05) is 17.4 Å². The lowest BCUT2D eigenvalue weighted by atomic mass is 10.0. The van der Waals surface area contributed by atoms with Crippen LogP contribution in [0.3, 0.4) is 0 Å². The number of benzene rings is 1. The Morgan fingerprint density at radius 1 is 1.03 bits per heavy atom. The Labute approximate surface area is 186 Å². The number of aryl methyl sites for hydroxylation is 1. The standard InChI is InChI=1S/C25H36N4O2/c1-2-20-8-6-7-11-23(20)26-24(30)18-27-14-16-28(17-15-27)19-25(31)29(22-12-13-22)21-9-4-3-5-10-21/h6-9,11,22H,2-5,10,12-19H2,1H3,(H,26,30)/p+2. The third kappa shape index (κ3) is 5.95. The van der Waals surface area contributed by atoms with Crippen molar-refractivity contribution in [1.82, 2.24) is 4.90 Å². The molecule has 1 saturated carbocycles. The lowest BCUT2D eigenvalue weighted by Crippen LogP contribution is -3.28. The first-order valence-electron chi connectivity index (χ1n) is 12.2. The first kappa shape index (κ1) is 22.0. The highest BCUT2D eigenvalue weighted by molar-refractivity contribution is 5.92. The highest BCUT2D eigenvalue weighted by atomic mass is 16.2. The molecule has 3 N–H and O–H groups in total. The molecule has 0 spiro atoms. The molecule has 31 heavy (non-hydrogen) atoms. The Morgan fingerprint density at radius 2 is 1.74 bits per heavy atom. The van der Waals surface area contributed by atoms with Crippen LogP contribution in [0.15, 0.2) is 36.0 Å². The van der Waals surface area contributed by atoms with Crippen molar-refractivity contribution in [1.29, 1.82) is 0 Å². The van der Waals surface area contributed by atoms with Gasteiger partial charge in [-0.05, 0) is 56.6 Å². The average molecular weight is 427 g/mol. The maximum atomic E-state index is 13.1. The highest BCUT2D eigenvalue weighted by Gasteiger charge is 2.37. The van der Waals surface area contributed by atoms with E-state index < -0.39 is 0 Å². The third-order valence-electron chi connectivity index (χ3n) is 6.91. The summed E-state index contributed by atoms with van der Waals surface area (Å²) in [6.45, 7) is 7.00. The summed E-state index contributed by atoms with van der Waals surface area (Å²) in [7, 11) is 0. The average Bonchev–Trinajstić information content (AvgIpc) is 3.61. The smallest absolute Gasteiger partial charge is 0.282 e. The Bertz CT molecular complexity index is 809. The van der Waals surface area contributed by atoms with Crippen LogP contribution in [0.5, 0.6) is 0 Å². The number of piperazine rings is 1. The predicted molar refractivity (Wildman–Crippen MR) is 122 cm³/mol. The molecule has 3 aliphatic rings. The number of quaternary nitrogens is 2. The van der Waals surface area contributed by atoms with Gasteiger partial charge in [-0.2, -0.15) is 0 Å². The normalized spacial score (nSPS) is 23.7. The molecule has 1 aliphatic heterocycles. The van der Waals surface area contributed by atoms with E-state index in [0.29, 0.717) is 25.0 Å². The van der Waals surface area contributed by atoms with E-state index >= 15 is 0 Å². The van der Waals surface area contributed by atoms with E-state index in [2.05, 4.69) is 29.3 Å². The summed E-state index contributed by atoms with van der Waals surface area (Å²) in [5, 5.41) is 3.09. The number of para-hydroxylation sites is 1. The molecule has 0 radical (unpaired) electrons. The van der Waals surface area contributed by atoms with Crippen molar-refractivity contribution >= 4 is 17.5 Å². The second-order valence-electron chi connectivity index (χ2n) is 9.35. The van der Waals surface area contributed by atoms with Crippen LogP contribution >= 0.6 is 0 Å². The number of carbonyl (C=O) groups is 2. The van der Waals surface area contributed by atoms with Gasteiger partial charge >= 0.3 is 0 Å². The predicted octanol–water partition coefficient (Wildman–Crippen LogP) is 0.420. The molecular formula is C25H38N4O2+2. The Morgan fingerprint density at radius 3 is 2.39 bits per heavy atom. The third-order valence-corrected chi connectivity index (χ3v) is 6.91. The number of anilines is 1. The molecule has 0 unspecified atom stereocenters. The van der Waals surface area contributed by atoms with Crippen LogP contribution in [0.25, 0.3) is 0 Å². The molecule has 0 aromatic heterocycles. The number of carbonyl (C=O) groups excluding carboxylic acids is 2. The zero-order chi connectivity index (χ0) is 21.6. The van der Waals surface area contributed by atoms with Crippen LogP contribution in [-0.4, -0.2) is 62.0 Å². The zero-order valence-electron chi connectivity index (χ0n) is 18.9. The summed E-state index contributed by atoms with van der Waals surface area (Å²) in [6, 6.07) is 8.48.